The summed E-state index contributed by atoms with van der Waals surface area (Å²) in [6, 6.07) is 7.45. The second kappa shape index (κ2) is 9.05. The predicted octanol–water partition coefficient (Wildman–Crippen LogP) is 2.24. The molecule has 28 heavy (non-hydrogen) atoms. The van der Waals surface area contributed by atoms with E-state index < -0.39 is 0 Å². The van der Waals surface area contributed by atoms with Crippen LogP contribution in [0.25, 0.3) is 0 Å². The van der Waals surface area contributed by atoms with E-state index in [9.17, 15) is 14.0 Å². The first-order valence-electron chi connectivity index (χ1n) is 8.91. The number of halogens is 2. The van der Waals surface area contributed by atoms with Gasteiger partial charge in [0.1, 0.15) is 17.5 Å². The smallest absolute Gasteiger partial charge is 0.260 e. The van der Waals surface area contributed by atoms with E-state index in [0.29, 0.717) is 25.3 Å². The van der Waals surface area contributed by atoms with Crippen molar-refractivity contribution in [2.75, 3.05) is 25.6 Å². The third kappa shape index (κ3) is 5.01. The van der Waals surface area contributed by atoms with Gasteiger partial charge < -0.3 is 19.5 Å². The topological polar surface area (TPSA) is 84.7 Å². The normalized spacial score (nSPS) is 19.3. The van der Waals surface area contributed by atoms with Crippen molar-refractivity contribution < 1.29 is 23.2 Å². The summed E-state index contributed by atoms with van der Waals surface area (Å²) in [5.41, 5.74) is 0.905. The second-order valence-electron chi connectivity index (χ2n) is 6.66. The van der Waals surface area contributed by atoms with Crippen LogP contribution in [0.1, 0.15) is 23.7 Å². The number of ether oxygens (including phenoxy) is 1. The molecule has 2 amide bonds. The molecular weight excluding hydrogens is 389 g/mol. The Bertz CT molecular complexity index is 827. The predicted molar refractivity (Wildman–Crippen MR) is 99.7 cm³/mol. The number of nitrogens with one attached hydrogen (secondary N) is 1. The Morgan fingerprint density at radius 2 is 2.14 bits per heavy atom. The fourth-order valence-corrected chi connectivity index (χ4v) is 3.39. The molecule has 7 nitrogen and oxygen atoms in total. The molecule has 2 heterocycles. The van der Waals surface area contributed by atoms with Gasteiger partial charge in [0.15, 0.2) is 6.61 Å². The number of nitrogens with zero attached hydrogens (tertiary/aromatic N) is 2. The lowest BCUT2D eigenvalue weighted by molar-refractivity contribution is -0.135. The van der Waals surface area contributed by atoms with Crippen molar-refractivity contribution in [2.24, 2.45) is 0 Å². The molecule has 0 spiro atoms. The molecule has 9 heteroatoms. The molecule has 0 aliphatic carbocycles. The minimum absolute atomic E-state index is 0.0454. The molecule has 150 valence electrons. The van der Waals surface area contributed by atoms with Gasteiger partial charge in [0.25, 0.3) is 11.8 Å². The van der Waals surface area contributed by atoms with Gasteiger partial charge >= 0.3 is 0 Å². The Balaban J connectivity index is 1.66. The Kier molecular flexibility index (Phi) is 6.51. The summed E-state index contributed by atoms with van der Waals surface area (Å²) in [4.78, 5) is 26.0. The Hall–Kier alpha value is -2.61. The van der Waals surface area contributed by atoms with Crippen molar-refractivity contribution in [3.05, 3.63) is 47.5 Å². The Morgan fingerprint density at radius 1 is 1.39 bits per heavy atom. The van der Waals surface area contributed by atoms with Crippen LogP contribution in [0.15, 0.2) is 34.9 Å². The number of alkyl halides is 1. The number of hydrogen-bond acceptors (Lipinski definition) is 5. The highest BCUT2D eigenvalue weighted by Crippen LogP contribution is 2.29. The van der Waals surface area contributed by atoms with E-state index in [4.69, 9.17) is 20.9 Å². The lowest BCUT2D eigenvalue weighted by atomic mass is 9.85. The van der Waals surface area contributed by atoms with Gasteiger partial charge in [0.05, 0.1) is 6.04 Å². The van der Waals surface area contributed by atoms with Crippen LogP contribution in [-0.4, -0.2) is 53.5 Å². The number of rotatable bonds is 6. The zero-order chi connectivity index (χ0) is 20.1. The number of likely N-dealkylation sites (tertiary alicyclic amines) is 1. The summed E-state index contributed by atoms with van der Waals surface area (Å²) in [5, 5.41) is 6.55. The summed E-state index contributed by atoms with van der Waals surface area (Å²) >= 11 is 5.63. The largest absolute Gasteiger partial charge is 0.465 e. The Labute approximate surface area is 166 Å². The zero-order valence-corrected chi connectivity index (χ0v) is 16.1. The van der Waals surface area contributed by atoms with Crippen LogP contribution in [-0.2, 0) is 9.59 Å². The van der Waals surface area contributed by atoms with Crippen LogP contribution in [0, 0.1) is 12.7 Å². The molecular formula is C19H21ClFN3O4. The van der Waals surface area contributed by atoms with Crippen molar-refractivity contribution >= 4 is 23.4 Å². The van der Waals surface area contributed by atoms with Gasteiger partial charge in [-0.3, -0.25) is 9.59 Å². The van der Waals surface area contributed by atoms with E-state index in [1.54, 1.807) is 30.0 Å². The SMILES string of the molecule is Cc1cc(OCC(=O)N2CC[C@H](c3ccc(F)cc3)[C@@H](NC(=O)CCl)C2)no1. The number of benzene rings is 1. The van der Waals surface area contributed by atoms with E-state index in [-0.39, 0.29) is 48.0 Å². The highest BCUT2D eigenvalue weighted by Gasteiger charge is 2.33. The fraction of sp³-hybridized carbons (Fsp3) is 0.421. The number of amides is 2. The summed E-state index contributed by atoms with van der Waals surface area (Å²) in [5.74, 6) is -0.236. The van der Waals surface area contributed by atoms with Crippen molar-refractivity contribution in [2.45, 2.75) is 25.3 Å². The van der Waals surface area contributed by atoms with Gasteiger partial charge in [0.2, 0.25) is 5.91 Å². The van der Waals surface area contributed by atoms with Gasteiger partial charge in [-0.15, -0.1) is 11.6 Å². The van der Waals surface area contributed by atoms with Gasteiger partial charge in [-0.1, -0.05) is 12.1 Å². The molecule has 0 radical (unpaired) electrons. The molecule has 1 aromatic carbocycles. The van der Waals surface area contributed by atoms with Crippen molar-refractivity contribution in [3.63, 3.8) is 0 Å². The van der Waals surface area contributed by atoms with E-state index in [1.165, 1.54) is 12.1 Å². The first-order chi connectivity index (χ1) is 13.5. The number of aryl methyl sites for hydroxylation is 1. The summed E-state index contributed by atoms with van der Waals surface area (Å²) in [6.45, 7) is 2.36. The average Bonchev–Trinajstić information content (AvgIpc) is 3.12. The maximum Gasteiger partial charge on any atom is 0.260 e. The lowest BCUT2D eigenvalue weighted by Crippen LogP contribution is -2.54. The standard InChI is InChI=1S/C19H21ClFN3O4/c1-12-8-18(23-28-12)27-11-19(26)24-7-6-15(13-2-4-14(21)5-3-13)16(10-24)22-17(25)9-20/h2-5,8,15-16H,6-7,9-11H2,1H3,(H,22,25)/t15-,16+/m1/s1. The molecule has 3 rings (SSSR count). The minimum Gasteiger partial charge on any atom is -0.465 e. The lowest BCUT2D eigenvalue weighted by Gasteiger charge is -2.39. The number of carbonyl (C=O) groups is 2. The fourth-order valence-electron chi connectivity index (χ4n) is 3.32. The van der Waals surface area contributed by atoms with E-state index in [1.807, 2.05) is 0 Å². The molecule has 0 saturated carbocycles. The summed E-state index contributed by atoms with van der Waals surface area (Å²) < 4.78 is 23.5. The average molecular weight is 410 g/mol. The number of hydrogen-bond donors (Lipinski definition) is 1. The van der Waals surface area contributed by atoms with E-state index in [0.717, 1.165) is 5.56 Å². The quantitative estimate of drug-likeness (QED) is 0.739. The highest BCUT2D eigenvalue weighted by atomic mass is 35.5. The first kappa shape index (κ1) is 20.1. The number of piperidine rings is 1. The molecule has 2 atom stereocenters. The first-order valence-corrected chi connectivity index (χ1v) is 9.44. The van der Waals surface area contributed by atoms with E-state index in [2.05, 4.69) is 10.5 Å². The van der Waals surface area contributed by atoms with Crippen LogP contribution in [0.2, 0.25) is 0 Å². The van der Waals surface area contributed by atoms with Crippen LogP contribution < -0.4 is 10.1 Å². The minimum atomic E-state index is -0.330. The molecule has 2 aromatic rings. The molecule has 0 unspecified atom stereocenters. The van der Waals surface area contributed by atoms with E-state index >= 15 is 0 Å². The highest BCUT2D eigenvalue weighted by molar-refractivity contribution is 6.27. The van der Waals surface area contributed by atoms with Crippen molar-refractivity contribution in [1.29, 1.82) is 0 Å². The van der Waals surface area contributed by atoms with Gasteiger partial charge in [0, 0.05) is 25.1 Å². The van der Waals surface area contributed by atoms with Crippen molar-refractivity contribution in [1.82, 2.24) is 15.4 Å². The van der Waals surface area contributed by atoms with Gasteiger partial charge in [-0.2, -0.15) is 0 Å². The molecule has 1 fully saturated rings. The van der Waals surface area contributed by atoms with Crippen LogP contribution in [0.5, 0.6) is 5.88 Å². The maximum atomic E-state index is 13.2. The third-order valence-electron chi connectivity index (χ3n) is 4.68. The van der Waals surface area contributed by atoms with Gasteiger partial charge in [-0.25, -0.2) is 4.39 Å². The molecule has 1 aliphatic rings. The van der Waals surface area contributed by atoms with Crippen LogP contribution in [0.3, 0.4) is 0 Å². The molecule has 1 saturated heterocycles. The summed E-state index contributed by atoms with van der Waals surface area (Å²) in [6.07, 6.45) is 0.619. The maximum absolute atomic E-state index is 13.2. The molecule has 1 N–H and O–H groups in total. The van der Waals surface area contributed by atoms with Crippen LogP contribution in [0.4, 0.5) is 4.39 Å². The van der Waals surface area contributed by atoms with Gasteiger partial charge in [-0.05, 0) is 36.2 Å². The molecule has 1 aliphatic heterocycles. The number of carbonyl (C=O) groups excluding carboxylic acids is 2. The molecule has 0 bridgehead atoms. The zero-order valence-electron chi connectivity index (χ0n) is 15.4. The van der Waals surface area contributed by atoms with Crippen LogP contribution >= 0.6 is 11.6 Å². The third-order valence-corrected chi connectivity index (χ3v) is 4.92. The van der Waals surface area contributed by atoms with Crippen molar-refractivity contribution in [3.8, 4) is 5.88 Å². The Morgan fingerprint density at radius 3 is 2.79 bits per heavy atom. The molecule has 1 aromatic heterocycles. The summed E-state index contributed by atoms with van der Waals surface area (Å²) in [7, 11) is 0. The monoisotopic (exact) mass is 409 g/mol. The number of aromatic nitrogens is 1. The second-order valence-corrected chi connectivity index (χ2v) is 6.93.